The van der Waals surface area contributed by atoms with Crippen molar-refractivity contribution in [1.29, 1.82) is 0 Å². The number of rotatable bonds is 5. The lowest BCUT2D eigenvalue weighted by Gasteiger charge is -2.09. The topological polar surface area (TPSA) is 43.2 Å². The zero-order valence-corrected chi connectivity index (χ0v) is 13.2. The monoisotopic (exact) mass is 296 g/mol. The highest BCUT2D eigenvalue weighted by molar-refractivity contribution is 5.81. The number of hydrogen-bond acceptors (Lipinski definition) is 4. The van der Waals surface area contributed by atoms with E-state index in [1.54, 1.807) is 6.33 Å². The molecule has 0 aliphatic carbocycles. The van der Waals surface area contributed by atoms with Crippen molar-refractivity contribution in [3.8, 4) is 11.6 Å². The Hall–Kier alpha value is -2.40. The summed E-state index contributed by atoms with van der Waals surface area (Å²) in [5.41, 5.74) is 2.17. The molecule has 0 aliphatic rings. The predicted molar refractivity (Wildman–Crippen MR) is 87.3 cm³/mol. The molecule has 2 heterocycles. The normalized spacial score (nSPS) is 11.3. The third-order valence-corrected chi connectivity index (χ3v) is 3.59. The highest BCUT2D eigenvalue weighted by Crippen LogP contribution is 2.25. The van der Waals surface area contributed by atoms with Gasteiger partial charge in [0.05, 0.1) is 0 Å². The molecule has 0 aliphatic heterocycles. The summed E-state index contributed by atoms with van der Waals surface area (Å²) in [7, 11) is 6.13. The van der Waals surface area contributed by atoms with Gasteiger partial charge in [-0.3, -0.25) is 0 Å². The minimum absolute atomic E-state index is 0.582. The predicted octanol–water partition coefficient (Wildman–Crippen LogP) is 2.86. The van der Waals surface area contributed by atoms with Crippen LogP contribution in [0.2, 0.25) is 0 Å². The molecule has 0 N–H and O–H groups in total. The number of nitrogens with zero attached hydrogens (tertiary/aromatic N) is 4. The second-order valence-electron chi connectivity index (χ2n) is 5.65. The van der Waals surface area contributed by atoms with E-state index in [1.807, 2.05) is 45.5 Å². The van der Waals surface area contributed by atoms with E-state index < -0.39 is 0 Å². The van der Waals surface area contributed by atoms with Crippen LogP contribution in [0.4, 0.5) is 0 Å². The fraction of sp³-hybridized carbons (Fsp3) is 0.294. The van der Waals surface area contributed by atoms with Crippen LogP contribution in [0.5, 0.6) is 11.6 Å². The molecule has 22 heavy (non-hydrogen) atoms. The van der Waals surface area contributed by atoms with Crippen molar-refractivity contribution >= 4 is 10.9 Å². The third kappa shape index (κ3) is 3.26. The lowest BCUT2D eigenvalue weighted by molar-refractivity contribution is 0.410. The zero-order valence-electron chi connectivity index (χ0n) is 13.2. The maximum absolute atomic E-state index is 5.87. The summed E-state index contributed by atoms with van der Waals surface area (Å²) in [5.74, 6) is 1.37. The summed E-state index contributed by atoms with van der Waals surface area (Å²) in [6, 6.07) is 10.0. The molecule has 3 rings (SSSR count). The Labute approximate surface area is 130 Å². The van der Waals surface area contributed by atoms with Gasteiger partial charge in [-0.25, -0.2) is 9.97 Å². The van der Waals surface area contributed by atoms with Crippen LogP contribution in [0.3, 0.4) is 0 Å². The third-order valence-electron chi connectivity index (χ3n) is 3.59. The largest absolute Gasteiger partial charge is 0.439 e. The Morgan fingerprint density at radius 2 is 2.00 bits per heavy atom. The van der Waals surface area contributed by atoms with Gasteiger partial charge in [0.1, 0.15) is 12.1 Å². The molecule has 0 spiro atoms. The van der Waals surface area contributed by atoms with Gasteiger partial charge >= 0.3 is 0 Å². The Kier molecular flexibility index (Phi) is 4.06. The van der Waals surface area contributed by atoms with Crippen molar-refractivity contribution in [1.82, 2.24) is 19.4 Å². The number of aromatic nitrogens is 3. The molecular weight excluding hydrogens is 276 g/mol. The molecule has 0 unspecified atom stereocenters. The lowest BCUT2D eigenvalue weighted by Crippen LogP contribution is -2.15. The van der Waals surface area contributed by atoms with E-state index in [-0.39, 0.29) is 0 Å². The number of hydrogen-bond donors (Lipinski definition) is 0. The van der Waals surface area contributed by atoms with Gasteiger partial charge in [-0.05, 0) is 38.4 Å². The molecule has 5 nitrogen and oxygen atoms in total. The van der Waals surface area contributed by atoms with Crippen LogP contribution in [-0.4, -0.2) is 40.1 Å². The summed E-state index contributed by atoms with van der Waals surface area (Å²) in [6.45, 7) is 0.951. The Morgan fingerprint density at radius 3 is 2.82 bits per heavy atom. The van der Waals surface area contributed by atoms with Crippen molar-refractivity contribution in [3.63, 3.8) is 0 Å². The molecule has 114 valence electrons. The molecule has 0 amide bonds. The smallest absolute Gasteiger partial charge is 0.222 e. The van der Waals surface area contributed by atoms with Crippen LogP contribution in [-0.2, 0) is 13.5 Å². The van der Waals surface area contributed by atoms with Gasteiger partial charge in [0.2, 0.25) is 5.88 Å². The average Bonchev–Trinajstić information content (AvgIpc) is 2.86. The number of likely N-dealkylation sites (N-methyl/N-ethyl adjacent to an activating group) is 1. The molecule has 3 aromatic rings. The first-order valence-corrected chi connectivity index (χ1v) is 7.30. The fourth-order valence-corrected chi connectivity index (χ4v) is 2.35. The van der Waals surface area contributed by atoms with Crippen molar-refractivity contribution in [2.75, 3.05) is 20.6 Å². The maximum atomic E-state index is 5.87. The molecule has 0 radical (unpaired) electrons. The fourth-order valence-electron chi connectivity index (χ4n) is 2.35. The van der Waals surface area contributed by atoms with Crippen molar-refractivity contribution in [3.05, 3.63) is 48.5 Å². The number of ether oxygens (including phenoxy) is 1. The first-order chi connectivity index (χ1) is 10.6. The van der Waals surface area contributed by atoms with E-state index in [9.17, 15) is 0 Å². The van der Waals surface area contributed by atoms with Gasteiger partial charge in [0.25, 0.3) is 0 Å². The second kappa shape index (κ2) is 6.15. The van der Waals surface area contributed by atoms with Crippen LogP contribution >= 0.6 is 0 Å². The number of aryl methyl sites for hydroxylation is 1. The summed E-state index contributed by atoms with van der Waals surface area (Å²) in [4.78, 5) is 10.6. The van der Waals surface area contributed by atoms with Gasteiger partial charge in [-0.15, -0.1) is 0 Å². The van der Waals surface area contributed by atoms with Gasteiger partial charge in [0, 0.05) is 48.9 Å². The van der Waals surface area contributed by atoms with E-state index in [0.29, 0.717) is 5.88 Å². The van der Waals surface area contributed by atoms with Crippen LogP contribution in [0.15, 0.2) is 42.9 Å². The minimum Gasteiger partial charge on any atom is -0.439 e. The summed E-state index contributed by atoms with van der Waals surface area (Å²) < 4.78 is 7.96. The van der Waals surface area contributed by atoms with Crippen LogP contribution in [0.25, 0.3) is 10.9 Å². The van der Waals surface area contributed by atoms with E-state index >= 15 is 0 Å². The van der Waals surface area contributed by atoms with E-state index in [0.717, 1.165) is 29.8 Å². The van der Waals surface area contributed by atoms with E-state index in [4.69, 9.17) is 4.74 Å². The van der Waals surface area contributed by atoms with Crippen molar-refractivity contribution in [2.24, 2.45) is 7.05 Å². The minimum atomic E-state index is 0.582. The van der Waals surface area contributed by atoms with Gasteiger partial charge in [0.15, 0.2) is 0 Å². The van der Waals surface area contributed by atoms with Crippen LogP contribution < -0.4 is 4.74 Å². The highest BCUT2D eigenvalue weighted by Gasteiger charge is 2.05. The molecule has 2 aromatic heterocycles. The Balaban J connectivity index is 1.77. The second-order valence-corrected chi connectivity index (χ2v) is 5.65. The first kappa shape index (κ1) is 14.5. The summed E-state index contributed by atoms with van der Waals surface area (Å²) >= 11 is 0. The zero-order chi connectivity index (χ0) is 15.5. The van der Waals surface area contributed by atoms with Crippen LogP contribution in [0.1, 0.15) is 5.69 Å². The number of fused-ring (bicyclic) bond motifs is 1. The molecule has 0 saturated heterocycles. The quantitative estimate of drug-likeness (QED) is 0.726. The molecule has 0 bridgehead atoms. The van der Waals surface area contributed by atoms with Gasteiger partial charge in [-0.2, -0.15) is 0 Å². The van der Waals surface area contributed by atoms with E-state index in [2.05, 4.69) is 31.6 Å². The molecule has 1 aromatic carbocycles. The Morgan fingerprint density at radius 1 is 1.14 bits per heavy atom. The van der Waals surface area contributed by atoms with Crippen molar-refractivity contribution < 1.29 is 4.74 Å². The van der Waals surface area contributed by atoms with Crippen LogP contribution in [0, 0.1) is 0 Å². The lowest BCUT2D eigenvalue weighted by atomic mass is 10.2. The van der Waals surface area contributed by atoms with E-state index in [1.165, 1.54) is 5.52 Å². The van der Waals surface area contributed by atoms with Crippen molar-refractivity contribution in [2.45, 2.75) is 6.42 Å². The first-order valence-electron chi connectivity index (χ1n) is 7.30. The maximum Gasteiger partial charge on any atom is 0.222 e. The van der Waals surface area contributed by atoms with Gasteiger partial charge < -0.3 is 14.2 Å². The average molecular weight is 296 g/mol. The number of benzene rings is 1. The Bertz CT molecular complexity index is 779. The molecule has 0 atom stereocenters. The van der Waals surface area contributed by atoms with Gasteiger partial charge in [-0.1, -0.05) is 0 Å². The molecule has 0 fully saturated rings. The standard InChI is InChI=1S/C17H20N4O/c1-20(2)8-7-14-11-17(19-12-18-14)22-15-4-5-16-13(10-15)6-9-21(16)3/h4-6,9-12H,7-8H2,1-3H3. The molecule has 0 saturated carbocycles. The summed E-state index contributed by atoms with van der Waals surface area (Å²) in [5, 5.41) is 1.15. The highest BCUT2D eigenvalue weighted by atomic mass is 16.5. The summed E-state index contributed by atoms with van der Waals surface area (Å²) in [6.07, 6.45) is 4.48. The SMILES string of the molecule is CN(C)CCc1cc(Oc2ccc3c(ccn3C)c2)ncn1. The molecular formula is C17H20N4O. The molecule has 5 heteroatoms.